The number of nitrogens with one attached hydrogen (secondary N) is 1. The Morgan fingerprint density at radius 2 is 2.00 bits per heavy atom. The minimum atomic E-state index is -0.207. The van der Waals surface area contributed by atoms with Crippen molar-refractivity contribution >= 4 is 33.2 Å². The molecule has 0 aliphatic rings. The van der Waals surface area contributed by atoms with Crippen LogP contribution in [0.15, 0.2) is 40.9 Å². The summed E-state index contributed by atoms with van der Waals surface area (Å²) in [4.78, 5) is 11.9. The number of amides is 1. The van der Waals surface area contributed by atoms with E-state index in [4.69, 9.17) is 10.5 Å². The van der Waals surface area contributed by atoms with Crippen LogP contribution in [0.1, 0.15) is 11.1 Å². The van der Waals surface area contributed by atoms with Gasteiger partial charge in [0.25, 0.3) is 5.91 Å². The Morgan fingerprint density at radius 1 is 1.24 bits per heavy atom. The number of ether oxygens (including phenoxy) is 1. The summed E-state index contributed by atoms with van der Waals surface area (Å²) < 4.78 is 6.47. The van der Waals surface area contributed by atoms with Gasteiger partial charge in [-0.2, -0.15) is 0 Å². The third-order valence-electron chi connectivity index (χ3n) is 3.03. The number of hydrogen-bond donors (Lipinski definition) is 2. The van der Waals surface area contributed by atoms with Gasteiger partial charge in [-0.1, -0.05) is 22.0 Å². The molecule has 21 heavy (non-hydrogen) atoms. The minimum Gasteiger partial charge on any atom is -0.483 e. The van der Waals surface area contributed by atoms with Crippen LogP contribution in [0.4, 0.5) is 11.4 Å². The predicted octanol–water partition coefficient (Wildman–Crippen LogP) is 3.67. The second kappa shape index (κ2) is 6.63. The molecule has 0 aliphatic heterocycles. The molecule has 0 saturated carbocycles. The average molecular weight is 349 g/mol. The molecular weight excluding hydrogens is 332 g/mol. The lowest BCUT2D eigenvalue weighted by Gasteiger charge is -2.12. The van der Waals surface area contributed by atoms with Crippen molar-refractivity contribution in [1.29, 1.82) is 0 Å². The maximum absolute atomic E-state index is 11.9. The van der Waals surface area contributed by atoms with Crippen molar-refractivity contribution in [2.75, 3.05) is 17.7 Å². The minimum absolute atomic E-state index is 0.0449. The fourth-order valence-corrected chi connectivity index (χ4v) is 2.27. The summed E-state index contributed by atoms with van der Waals surface area (Å²) in [5.74, 6) is 0.466. The second-order valence-corrected chi connectivity index (χ2v) is 5.74. The zero-order chi connectivity index (χ0) is 15.4. The molecule has 0 unspecified atom stereocenters. The molecule has 5 heteroatoms. The Morgan fingerprint density at radius 3 is 2.71 bits per heavy atom. The largest absolute Gasteiger partial charge is 0.483 e. The fourth-order valence-electron chi connectivity index (χ4n) is 1.87. The van der Waals surface area contributed by atoms with Gasteiger partial charge in [0, 0.05) is 15.8 Å². The van der Waals surface area contributed by atoms with Crippen LogP contribution in [0.5, 0.6) is 5.75 Å². The van der Waals surface area contributed by atoms with Crippen LogP contribution in [0.25, 0.3) is 0 Å². The molecule has 0 spiro atoms. The third kappa shape index (κ3) is 4.23. The molecule has 0 atom stereocenters. The molecular formula is C16H17BrN2O2. The lowest BCUT2D eigenvalue weighted by atomic mass is 10.1. The van der Waals surface area contributed by atoms with E-state index in [1.807, 2.05) is 50.2 Å². The Hall–Kier alpha value is -2.01. The number of nitrogen functional groups attached to an aromatic ring is 1. The van der Waals surface area contributed by atoms with E-state index < -0.39 is 0 Å². The van der Waals surface area contributed by atoms with Gasteiger partial charge in [0.2, 0.25) is 0 Å². The maximum Gasteiger partial charge on any atom is 0.262 e. The molecule has 4 nitrogen and oxygen atoms in total. The SMILES string of the molecule is Cc1cc(OCC(=O)Nc2cccc(Br)c2)c(C)cc1N. The predicted molar refractivity (Wildman–Crippen MR) is 88.6 cm³/mol. The number of benzene rings is 2. The molecule has 2 aromatic carbocycles. The monoisotopic (exact) mass is 348 g/mol. The molecule has 1 amide bonds. The van der Waals surface area contributed by atoms with E-state index in [1.165, 1.54) is 0 Å². The standard InChI is InChI=1S/C16H17BrN2O2/c1-10-7-15(11(2)6-14(10)18)21-9-16(20)19-13-5-3-4-12(17)8-13/h3-8H,9,18H2,1-2H3,(H,19,20). The zero-order valence-electron chi connectivity index (χ0n) is 11.9. The van der Waals surface area contributed by atoms with Crippen molar-refractivity contribution in [3.8, 4) is 5.75 Å². The highest BCUT2D eigenvalue weighted by atomic mass is 79.9. The van der Waals surface area contributed by atoms with Crippen molar-refractivity contribution in [2.24, 2.45) is 0 Å². The van der Waals surface area contributed by atoms with Crippen molar-refractivity contribution in [2.45, 2.75) is 13.8 Å². The van der Waals surface area contributed by atoms with Crippen LogP contribution in [-0.2, 0) is 4.79 Å². The van der Waals surface area contributed by atoms with Crippen LogP contribution in [0.3, 0.4) is 0 Å². The van der Waals surface area contributed by atoms with E-state index in [0.29, 0.717) is 5.75 Å². The van der Waals surface area contributed by atoms with E-state index in [1.54, 1.807) is 0 Å². The summed E-state index contributed by atoms with van der Waals surface area (Å²) in [7, 11) is 0. The van der Waals surface area contributed by atoms with Gasteiger partial charge in [0.15, 0.2) is 6.61 Å². The molecule has 110 valence electrons. The summed E-state index contributed by atoms with van der Waals surface area (Å²) >= 11 is 3.36. The van der Waals surface area contributed by atoms with Gasteiger partial charge < -0.3 is 15.8 Å². The summed E-state index contributed by atoms with van der Waals surface area (Å²) in [5, 5.41) is 2.78. The number of rotatable bonds is 4. The summed E-state index contributed by atoms with van der Waals surface area (Å²) in [6.45, 7) is 3.76. The van der Waals surface area contributed by atoms with Gasteiger partial charge >= 0.3 is 0 Å². The van der Waals surface area contributed by atoms with Gasteiger partial charge in [-0.15, -0.1) is 0 Å². The van der Waals surface area contributed by atoms with Gasteiger partial charge in [-0.25, -0.2) is 0 Å². The quantitative estimate of drug-likeness (QED) is 0.828. The van der Waals surface area contributed by atoms with Crippen molar-refractivity contribution < 1.29 is 9.53 Å². The number of aryl methyl sites for hydroxylation is 2. The first-order valence-electron chi connectivity index (χ1n) is 6.50. The lowest BCUT2D eigenvalue weighted by molar-refractivity contribution is -0.118. The van der Waals surface area contributed by atoms with E-state index in [0.717, 1.165) is 27.0 Å². The van der Waals surface area contributed by atoms with Crippen LogP contribution in [0.2, 0.25) is 0 Å². The zero-order valence-corrected chi connectivity index (χ0v) is 13.5. The molecule has 0 heterocycles. The van der Waals surface area contributed by atoms with E-state index >= 15 is 0 Å². The van der Waals surface area contributed by atoms with Crippen molar-refractivity contribution in [3.05, 3.63) is 52.0 Å². The van der Waals surface area contributed by atoms with E-state index in [-0.39, 0.29) is 12.5 Å². The molecule has 3 N–H and O–H groups in total. The number of carbonyl (C=O) groups excluding carboxylic acids is 1. The molecule has 0 bridgehead atoms. The summed E-state index contributed by atoms with van der Waals surface area (Å²) in [5.41, 5.74) is 9.11. The average Bonchev–Trinajstić information content (AvgIpc) is 2.41. The molecule has 0 aromatic heterocycles. The molecule has 0 saturated heterocycles. The number of nitrogens with two attached hydrogens (primary N) is 1. The van der Waals surface area contributed by atoms with Crippen molar-refractivity contribution in [3.63, 3.8) is 0 Å². The second-order valence-electron chi connectivity index (χ2n) is 4.82. The number of hydrogen-bond acceptors (Lipinski definition) is 3. The van der Waals surface area contributed by atoms with E-state index in [9.17, 15) is 4.79 Å². The lowest BCUT2D eigenvalue weighted by Crippen LogP contribution is -2.20. The summed E-state index contributed by atoms with van der Waals surface area (Å²) in [6, 6.07) is 11.1. The molecule has 0 fully saturated rings. The smallest absolute Gasteiger partial charge is 0.262 e. The van der Waals surface area contributed by atoms with E-state index in [2.05, 4.69) is 21.2 Å². The molecule has 0 aliphatic carbocycles. The normalized spacial score (nSPS) is 10.2. The maximum atomic E-state index is 11.9. The molecule has 2 rings (SSSR count). The summed E-state index contributed by atoms with van der Waals surface area (Å²) in [6.07, 6.45) is 0. The first-order valence-corrected chi connectivity index (χ1v) is 7.30. The molecule has 2 aromatic rings. The van der Waals surface area contributed by atoms with Crippen molar-refractivity contribution in [1.82, 2.24) is 0 Å². The number of halogens is 1. The Balaban J connectivity index is 1.97. The Bertz CT molecular complexity index is 671. The number of carbonyl (C=O) groups is 1. The van der Waals surface area contributed by atoms with Gasteiger partial charge in [0.05, 0.1) is 0 Å². The number of anilines is 2. The highest BCUT2D eigenvalue weighted by Gasteiger charge is 2.07. The van der Waals surface area contributed by atoms with Gasteiger partial charge in [0.1, 0.15) is 5.75 Å². The van der Waals surface area contributed by atoms with Crippen LogP contribution in [0, 0.1) is 13.8 Å². The first-order chi connectivity index (χ1) is 9.95. The van der Waals surface area contributed by atoms with Crippen LogP contribution >= 0.6 is 15.9 Å². The Labute approximate surface area is 132 Å². The van der Waals surface area contributed by atoms with Crippen LogP contribution < -0.4 is 15.8 Å². The van der Waals surface area contributed by atoms with Gasteiger partial charge in [-0.3, -0.25) is 4.79 Å². The highest BCUT2D eigenvalue weighted by Crippen LogP contribution is 2.24. The topological polar surface area (TPSA) is 64.3 Å². The molecule has 0 radical (unpaired) electrons. The third-order valence-corrected chi connectivity index (χ3v) is 3.52. The Kier molecular flexibility index (Phi) is 4.85. The highest BCUT2D eigenvalue weighted by molar-refractivity contribution is 9.10. The fraction of sp³-hybridized carbons (Fsp3) is 0.188. The first kappa shape index (κ1) is 15.4. The van der Waals surface area contributed by atoms with Crippen LogP contribution in [-0.4, -0.2) is 12.5 Å². The van der Waals surface area contributed by atoms with Gasteiger partial charge in [-0.05, 0) is 55.3 Å².